The van der Waals surface area contributed by atoms with Gasteiger partial charge < -0.3 is 5.32 Å². The summed E-state index contributed by atoms with van der Waals surface area (Å²) < 4.78 is 1.87. The predicted molar refractivity (Wildman–Crippen MR) is 61.7 cm³/mol. The summed E-state index contributed by atoms with van der Waals surface area (Å²) in [6, 6.07) is 8.05. The van der Waals surface area contributed by atoms with Gasteiger partial charge in [0.15, 0.2) is 0 Å². The van der Waals surface area contributed by atoms with Gasteiger partial charge in [-0.3, -0.25) is 0 Å². The van der Waals surface area contributed by atoms with Gasteiger partial charge >= 0.3 is 0 Å². The SMILES string of the molecule is CNC(=S)Sc1ccc(Br)cc1. The first kappa shape index (κ1) is 10.0. The standard InChI is InChI=1S/C8H8BrNS2/c1-10-8(11)12-7-4-2-6(9)3-5-7/h2-5H,1H3,(H,10,11). The molecule has 0 bridgehead atoms. The molecule has 0 saturated carbocycles. The molecule has 0 amide bonds. The first-order chi connectivity index (χ1) is 5.72. The Morgan fingerprint density at radius 3 is 2.50 bits per heavy atom. The summed E-state index contributed by atoms with van der Waals surface area (Å²) in [7, 11) is 1.83. The van der Waals surface area contributed by atoms with E-state index in [4.69, 9.17) is 12.2 Å². The highest BCUT2D eigenvalue weighted by Crippen LogP contribution is 2.20. The van der Waals surface area contributed by atoms with Crippen LogP contribution in [0.15, 0.2) is 33.6 Å². The molecule has 1 rings (SSSR count). The number of hydrogen-bond donors (Lipinski definition) is 1. The molecule has 1 N–H and O–H groups in total. The van der Waals surface area contributed by atoms with Crippen LogP contribution in [0.2, 0.25) is 0 Å². The molecule has 0 saturated heterocycles. The van der Waals surface area contributed by atoms with Crippen LogP contribution in [0.1, 0.15) is 0 Å². The third-order valence-corrected chi connectivity index (χ3v) is 3.11. The van der Waals surface area contributed by atoms with Crippen LogP contribution in [-0.4, -0.2) is 11.4 Å². The summed E-state index contributed by atoms with van der Waals surface area (Å²) >= 11 is 9.93. The van der Waals surface area contributed by atoms with Crippen LogP contribution < -0.4 is 5.32 Å². The van der Waals surface area contributed by atoms with E-state index >= 15 is 0 Å². The Morgan fingerprint density at radius 1 is 1.42 bits per heavy atom. The quantitative estimate of drug-likeness (QED) is 0.617. The Balaban J connectivity index is 2.64. The molecule has 0 aliphatic carbocycles. The zero-order valence-corrected chi connectivity index (χ0v) is 9.72. The molecule has 0 fully saturated rings. The predicted octanol–water partition coefficient (Wildman–Crippen LogP) is 3.05. The van der Waals surface area contributed by atoms with Gasteiger partial charge in [-0.2, -0.15) is 0 Å². The van der Waals surface area contributed by atoms with Crippen LogP contribution in [0.4, 0.5) is 0 Å². The highest BCUT2D eigenvalue weighted by molar-refractivity contribution is 9.10. The average Bonchev–Trinajstić information content (AvgIpc) is 2.09. The highest BCUT2D eigenvalue weighted by Gasteiger charge is 1.96. The Hall–Kier alpha value is -0.0600. The first-order valence-electron chi connectivity index (χ1n) is 3.37. The van der Waals surface area contributed by atoms with Crippen molar-refractivity contribution in [2.45, 2.75) is 4.90 Å². The van der Waals surface area contributed by atoms with Crippen molar-refractivity contribution in [2.75, 3.05) is 7.05 Å². The Bertz CT molecular complexity index is 271. The van der Waals surface area contributed by atoms with Gasteiger partial charge in [-0.15, -0.1) is 0 Å². The molecular formula is C8H8BrNS2. The first-order valence-corrected chi connectivity index (χ1v) is 5.39. The van der Waals surface area contributed by atoms with Crippen LogP contribution in [0.5, 0.6) is 0 Å². The molecule has 0 spiro atoms. The smallest absolute Gasteiger partial charge is 0.138 e. The van der Waals surface area contributed by atoms with Crippen molar-refractivity contribution in [3.63, 3.8) is 0 Å². The lowest BCUT2D eigenvalue weighted by atomic mass is 10.4. The molecule has 4 heteroatoms. The molecular weight excluding hydrogens is 254 g/mol. The van der Waals surface area contributed by atoms with E-state index in [-0.39, 0.29) is 0 Å². The number of thioether (sulfide) groups is 1. The lowest BCUT2D eigenvalue weighted by Gasteiger charge is -2.01. The van der Waals surface area contributed by atoms with Crippen molar-refractivity contribution in [2.24, 2.45) is 0 Å². The molecule has 0 radical (unpaired) electrons. The number of benzene rings is 1. The minimum atomic E-state index is 0.789. The number of nitrogens with one attached hydrogen (secondary N) is 1. The summed E-state index contributed by atoms with van der Waals surface area (Å²) in [6.07, 6.45) is 0. The maximum Gasteiger partial charge on any atom is 0.138 e. The van der Waals surface area contributed by atoms with Crippen molar-refractivity contribution < 1.29 is 0 Å². The van der Waals surface area contributed by atoms with Gasteiger partial charge in [0.2, 0.25) is 0 Å². The zero-order valence-electron chi connectivity index (χ0n) is 6.50. The number of thiocarbonyl (C=S) groups is 1. The Morgan fingerprint density at radius 2 is 2.00 bits per heavy atom. The van der Waals surface area contributed by atoms with Crippen molar-refractivity contribution >= 4 is 44.2 Å². The van der Waals surface area contributed by atoms with E-state index in [0.29, 0.717) is 0 Å². The van der Waals surface area contributed by atoms with Gasteiger partial charge in [-0.1, -0.05) is 39.9 Å². The lowest BCUT2D eigenvalue weighted by Crippen LogP contribution is -2.10. The summed E-state index contributed by atoms with van der Waals surface area (Å²) in [5.74, 6) is 0. The van der Waals surface area contributed by atoms with Crippen LogP contribution in [-0.2, 0) is 0 Å². The molecule has 0 aromatic heterocycles. The third kappa shape index (κ3) is 3.13. The number of halogens is 1. The largest absolute Gasteiger partial charge is 0.374 e. The van der Waals surface area contributed by atoms with Crippen LogP contribution >= 0.6 is 39.9 Å². The van der Waals surface area contributed by atoms with E-state index < -0.39 is 0 Å². The van der Waals surface area contributed by atoms with Gasteiger partial charge in [-0.05, 0) is 24.3 Å². The second-order valence-corrected chi connectivity index (χ2v) is 4.76. The van der Waals surface area contributed by atoms with Crippen LogP contribution in [0, 0.1) is 0 Å². The van der Waals surface area contributed by atoms with Crippen molar-refractivity contribution in [1.29, 1.82) is 0 Å². The molecule has 0 atom stereocenters. The molecule has 0 aliphatic heterocycles. The fourth-order valence-electron chi connectivity index (χ4n) is 0.661. The fraction of sp³-hybridized carbons (Fsp3) is 0.125. The molecule has 12 heavy (non-hydrogen) atoms. The van der Waals surface area contributed by atoms with Crippen LogP contribution in [0.25, 0.3) is 0 Å². The fourth-order valence-corrected chi connectivity index (χ4v) is 1.80. The summed E-state index contributed by atoms with van der Waals surface area (Å²) in [5.41, 5.74) is 0. The van der Waals surface area contributed by atoms with E-state index in [2.05, 4.69) is 21.2 Å². The van der Waals surface area contributed by atoms with E-state index in [9.17, 15) is 0 Å². The number of hydrogen-bond acceptors (Lipinski definition) is 2. The monoisotopic (exact) mass is 261 g/mol. The maximum atomic E-state index is 5.01. The highest BCUT2D eigenvalue weighted by atomic mass is 79.9. The topological polar surface area (TPSA) is 12.0 Å². The normalized spacial score (nSPS) is 9.50. The minimum Gasteiger partial charge on any atom is -0.374 e. The Kier molecular flexibility index (Phi) is 4.05. The average molecular weight is 262 g/mol. The van der Waals surface area contributed by atoms with Gasteiger partial charge in [-0.25, -0.2) is 0 Å². The Labute approximate surface area is 90.1 Å². The van der Waals surface area contributed by atoms with E-state index in [1.54, 1.807) is 11.8 Å². The summed E-state index contributed by atoms with van der Waals surface area (Å²) in [5, 5.41) is 2.91. The molecule has 0 heterocycles. The van der Waals surface area contributed by atoms with E-state index in [1.165, 1.54) is 0 Å². The van der Waals surface area contributed by atoms with Gasteiger partial charge in [0, 0.05) is 16.4 Å². The van der Waals surface area contributed by atoms with Crippen molar-refractivity contribution in [3.8, 4) is 0 Å². The van der Waals surface area contributed by atoms with Crippen molar-refractivity contribution in [3.05, 3.63) is 28.7 Å². The summed E-state index contributed by atoms with van der Waals surface area (Å²) in [6.45, 7) is 0. The van der Waals surface area contributed by atoms with Crippen LogP contribution in [0.3, 0.4) is 0 Å². The zero-order chi connectivity index (χ0) is 8.97. The van der Waals surface area contributed by atoms with Gasteiger partial charge in [0.05, 0.1) is 0 Å². The minimum absolute atomic E-state index is 0.789. The summed E-state index contributed by atoms with van der Waals surface area (Å²) in [4.78, 5) is 1.15. The second-order valence-electron chi connectivity index (χ2n) is 2.09. The van der Waals surface area contributed by atoms with E-state index in [1.807, 2.05) is 31.3 Å². The molecule has 0 aliphatic rings. The molecule has 0 unspecified atom stereocenters. The molecule has 1 aromatic rings. The molecule has 1 nitrogen and oxygen atoms in total. The van der Waals surface area contributed by atoms with Gasteiger partial charge in [0.1, 0.15) is 4.32 Å². The lowest BCUT2D eigenvalue weighted by molar-refractivity contribution is 1.23. The van der Waals surface area contributed by atoms with Gasteiger partial charge in [0.25, 0.3) is 0 Å². The van der Waals surface area contributed by atoms with E-state index in [0.717, 1.165) is 13.7 Å². The second kappa shape index (κ2) is 4.84. The number of rotatable bonds is 1. The maximum absolute atomic E-state index is 5.01. The third-order valence-electron chi connectivity index (χ3n) is 1.23. The molecule has 1 aromatic carbocycles. The van der Waals surface area contributed by atoms with Crippen molar-refractivity contribution in [1.82, 2.24) is 5.32 Å². The molecule has 64 valence electrons.